The van der Waals surface area contributed by atoms with E-state index in [9.17, 15) is 0 Å². The number of hydrogen-bond donors (Lipinski definition) is 0. The van der Waals surface area contributed by atoms with E-state index in [4.69, 9.17) is 9.97 Å². The second kappa shape index (κ2) is 8.99. The minimum Gasteiger partial charge on any atom is -0.247 e. The molecule has 0 radical (unpaired) electrons. The van der Waals surface area contributed by atoms with E-state index in [1.54, 1.807) is 0 Å². The van der Waals surface area contributed by atoms with Crippen molar-refractivity contribution in [2.45, 2.75) is 5.41 Å². The van der Waals surface area contributed by atoms with Crippen molar-refractivity contribution in [2.24, 2.45) is 0 Å². The Morgan fingerprint density at radius 3 is 1.72 bits per heavy atom. The molecule has 1 atom stereocenters. The predicted molar refractivity (Wildman–Crippen MR) is 194 cm³/mol. The Labute approximate surface area is 271 Å². The molecule has 2 aromatic heterocycles. The van der Waals surface area contributed by atoms with Crippen molar-refractivity contribution in [2.75, 3.05) is 0 Å². The van der Waals surface area contributed by atoms with Gasteiger partial charge >= 0.3 is 0 Å². The fraction of sp³-hybridized carbons (Fsp3) is 0.0222. The number of fused-ring (bicyclic) bond motifs is 16. The quantitative estimate of drug-likeness (QED) is 0.177. The van der Waals surface area contributed by atoms with Crippen LogP contribution in [0.2, 0.25) is 0 Å². The molecule has 11 rings (SSSR count). The van der Waals surface area contributed by atoms with Crippen LogP contribution in [0.25, 0.3) is 77.0 Å². The molecule has 0 N–H and O–H groups in total. The molecule has 9 aromatic rings. The van der Waals surface area contributed by atoms with Crippen LogP contribution in [0.5, 0.6) is 0 Å². The summed E-state index contributed by atoms with van der Waals surface area (Å²) in [6, 6.07) is 57.6. The van der Waals surface area contributed by atoms with E-state index >= 15 is 0 Å². The summed E-state index contributed by atoms with van der Waals surface area (Å²) in [6.07, 6.45) is 0. The molecule has 2 aliphatic rings. The number of rotatable bonds is 1. The number of benzene rings is 7. The van der Waals surface area contributed by atoms with E-state index in [2.05, 4.69) is 158 Å². The van der Waals surface area contributed by atoms with Crippen molar-refractivity contribution >= 4 is 43.4 Å². The lowest BCUT2D eigenvalue weighted by Gasteiger charge is -2.30. The topological polar surface area (TPSA) is 25.8 Å². The molecule has 0 bridgehead atoms. The molecule has 0 amide bonds. The van der Waals surface area contributed by atoms with Gasteiger partial charge in [0.2, 0.25) is 0 Å². The highest BCUT2D eigenvalue weighted by Crippen LogP contribution is 2.63. The van der Waals surface area contributed by atoms with Crippen LogP contribution in [0.3, 0.4) is 0 Å². The number of hydrogen-bond acceptors (Lipinski definition) is 2. The minimum absolute atomic E-state index is 0.482. The van der Waals surface area contributed by atoms with Gasteiger partial charge in [0.25, 0.3) is 0 Å². The van der Waals surface area contributed by atoms with Crippen molar-refractivity contribution < 1.29 is 0 Å². The van der Waals surface area contributed by atoms with E-state index in [1.165, 1.54) is 65.9 Å². The first-order valence-corrected chi connectivity index (χ1v) is 16.3. The summed E-state index contributed by atoms with van der Waals surface area (Å²) < 4.78 is 0. The Morgan fingerprint density at radius 1 is 0.362 bits per heavy atom. The molecule has 1 unspecified atom stereocenters. The van der Waals surface area contributed by atoms with Crippen LogP contribution in [-0.2, 0) is 5.41 Å². The van der Waals surface area contributed by atoms with E-state index in [0.29, 0.717) is 0 Å². The van der Waals surface area contributed by atoms with Crippen LogP contribution in [0, 0.1) is 0 Å². The normalized spacial score (nSPS) is 15.7. The Hall–Kier alpha value is -6.12. The Bertz CT molecular complexity index is 2810. The third-order valence-electron chi connectivity index (χ3n) is 10.6. The number of nitrogens with zero attached hydrogens (tertiary/aromatic N) is 2. The lowest BCUT2D eigenvalue weighted by molar-refractivity contribution is 0.793. The van der Waals surface area contributed by atoms with Gasteiger partial charge in [-0.15, -0.1) is 0 Å². The molecule has 0 aliphatic heterocycles. The molecular formula is C45H26N2. The van der Waals surface area contributed by atoms with E-state index in [1.807, 2.05) is 0 Å². The molecule has 2 heterocycles. The van der Waals surface area contributed by atoms with Crippen molar-refractivity contribution in [3.8, 4) is 33.6 Å². The summed E-state index contributed by atoms with van der Waals surface area (Å²) in [5.41, 5.74) is 13.7. The molecule has 1 spiro atoms. The van der Waals surface area contributed by atoms with Gasteiger partial charge in [-0.3, -0.25) is 0 Å². The lowest BCUT2D eigenvalue weighted by atomic mass is 9.70. The number of aromatic nitrogens is 2. The maximum absolute atomic E-state index is 5.52. The van der Waals surface area contributed by atoms with Gasteiger partial charge in [0.15, 0.2) is 0 Å². The molecular weight excluding hydrogens is 569 g/mol. The average molecular weight is 595 g/mol. The van der Waals surface area contributed by atoms with Gasteiger partial charge in [-0.05, 0) is 62.4 Å². The van der Waals surface area contributed by atoms with Crippen LogP contribution in [0.15, 0.2) is 158 Å². The monoisotopic (exact) mass is 594 g/mol. The second-order valence-electron chi connectivity index (χ2n) is 12.9. The molecule has 216 valence electrons. The first-order valence-electron chi connectivity index (χ1n) is 16.3. The zero-order chi connectivity index (χ0) is 30.7. The van der Waals surface area contributed by atoms with Gasteiger partial charge in [-0.1, -0.05) is 140 Å². The molecule has 2 nitrogen and oxygen atoms in total. The maximum atomic E-state index is 5.52. The SMILES string of the molecule is c1ccc2c(c1)-c1ccc(-c3ccc4ccc5ccccc5c4n3)cc1C21c2ccccc2-c2nc3c(ccc4ccccc43)cc21. The maximum Gasteiger partial charge on any atom is 0.0788 e. The molecule has 2 aliphatic carbocycles. The minimum atomic E-state index is -0.482. The van der Waals surface area contributed by atoms with Crippen molar-refractivity contribution in [1.82, 2.24) is 9.97 Å². The van der Waals surface area contributed by atoms with Crippen LogP contribution >= 0.6 is 0 Å². The highest BCUT2D eigenvalue weighted by Gasteiger charge is 2.52. The van der Waals surface area contributed by atoms with Crippen LogP contribution in [-0.4, -0.2) is 9.97 Å². The third-order valence-corrected chi connectivity index (χ3v) is 10.6. The smallest absolute Gasteiger partial charge is 0.0788 e. The average Bonchev–Trinajstić information content (AvgIpc) is 3.60. The highest BCUT2D eigenvalue weighted by molar-refractivity contribution is 6.08. The summed E-state index contributed by atoms with van der Waals surface area (Å²) >= 11 is 0. The van der Waals surface area contributed by atoms with E-state index in [-0.39, 0.29) is 0 Å². The largest absolute Gasteiger partial charge is 0.247 e. The van der Waals surface area contributed by atoms with Crippen LogP contribution < -0.4 is 0 Å². The summed E-state index contributed by atoms with van der Waals surface area (Å²) in [7, 11) is 0. The third kappa shape index (κ3) is 3.19. The lowest BCUT2D eigenvalue weighted by Crippen LogP contribution is -2.26. The van der Waals surface area contributed by atoms with E-state index in [0.717, 1.165) is 33.4 Å². The summed E-state index contributed by atoms with van der Waals surface area (Å²) in [6.45, 7) is 0. The molecule has 0 fully saturated rings. The van der Waals surface area contributed by atoms with Gasteiger partial charge in [-0.2, -0.15) is 0 Å². The summed E-state index contributed by atoms with van der Waals surface area (Å²) in [5.74, 6) is 0. The molecule has 47 heavy (non-hydrogen) atoms. The van der Waals surface area contributed by atoms with Gasteiger partial charge in [0.1, 0.15) is 0 Å². The zero-order valence-corrected chi connectivity index (χ0v) is 25.4. The highest BCUT2D eigenvalue weighted by atomic mass is 14.7. The Kier molecular flexibility index (Phi) is 4.80. The first kappa shape index (κ1) is 25.1. The summed E-state index contributed by atoms with van der Waals surface area (Å²) in [4.78, 5) is 10.8. The fourth-order valence-corrected chi connectivity index (χ4v) is 8.60. The second-order valence-corrected chi connectivity index (χ2v) is 12.9. The van der Waals surface area contributed by atoms with Gasteiger partial charge in [0, 0.05) is 32.7 Å². The van der Waals surface area contributed by atoms with Crippen molar-refractivity contribution in [1.29, 1.82) is 0 Å². The fourth-order valence-electron chi connectivity index (χ4n) is 8.60. The van der Waals surface area contributed by atoms with E-state index < -0.39 is 5.41 Å². The predicted octanol–water partition coefficient (Wildman–Crippen LogP) is 11.1. The van der Waals surface area contributed by atoms with Gasteiger partial charge in [-0.25, -0.2) is 9.97 Å². The molecule has 7 aromatic carbocycles. The number of pyridine rings is 2. The van der Waals surface area contributed by atoms with Gasteiger partial charge < -0.3 is 0 Å². The molecule has 0 saturated carbocycles. The standard InChI is InChI=1S/C45H26N2/c1-3-11-32-27(9-1)17-19-29-22-24-41(46-42(29)32)30-21-23-35-34-13-5-7-15-37(34)45(39(35)25-30)38-16-8-6-14-36(38)44-40(45)26-31-20-18-28-10-2-4-12-33(28)43(31)47-44/h1-26H. The van der Waals surface area contributed by atoms with Crippen molar-refractivity contribution in [3.63, 3.8) is 0 Å². The Morgan fingerprint density at radius 2 is 0.936 bits per heavy atom. The van der Waals surface area contributed by atoms with Crippen molar-refractivity contribution in [3.05, 3.63) is 180 Å². The zero-order valence-electron chi connectivity index (χ0n) is 25.4. The molecule has 2 heteroatoms. The Balaban J connectivity index is 1.22. The van der Waals surface area contributed by atoms with Gasteiger partial charge in [0.05, 0.1) is 27.8 Å². The van der Waals surface area contributed by atoms with Crippen LogP contribution in [0.1, 0.15) is 22.3 Å². The summed E-state index contributed by atoms with van der Waals surface area (Å²) in [5, 5.41) is 7.11. The van der Waals surface area contributed by atoms with Crippen LogP contribution in [0.4, 0.5) is 0 Å². The molecule has 0 saturated heterocycles. The first-order chi connectivity index (χ1) is 23.3.